The molecule has 0 spiro atoms. The van der Waals surface area contributed by atoms with Crippen LogP contribution in [0.1, 0.15) is 12.6 Å². The number of halogens is 4. The first-order chi connectivity index (χ1) is 11.0. The van der Waals surface area contributed by atoms with Gasteiger partial charge in [0.1, 0.15) is 5.69 Å². The molecule has 7 nitrogen and oxygen atoms in total. The second-order valence-electron chi connectivity index (χ2n) is 4.37. The molecule has 0 saturated heterocycles. The Morgan fingerprint density at radius 2 is 2.04 bits per heavy atom. The molecule has 0 aliphatic carbocycles. The van der Waals surface area contributed by atoms with E-state index in [2.05, 4.69) is 30.9 Å². The Hall–Kier alpha value is -1.37. The molecule has 1 heterocycles. The molecule has 1 aromatic heterocycles. The molecule has 0 aliphatic rings. The maximum Gasteiger partial charge on any atom is 0.433 e. The molecule has 0 fully saturated rings. The van der Waals surface area contributed by atoms with Gasteiger partial charge in [0.25, 0.3) is 0 Å². The number of alkyl halides is 3. The number of methoxy groups -OCH3 is 1. The first-order valence-corrected chi connectivity index (χ1v) is 7.12. The van der Waals surface area contributed by atoms with Gasteiger partial charge in [-0.3, -0.25) is 4.99 Å². The van der Waals surface area contributed by atoms with Crippen molar-refractivity contribution in [2.24, 2.45) is 4.99 Å². The van der Waals surface area contributed by atoms with Crippen molar-refractivity contribution < 1.29 is 17.9 Å². The van der Waals surface area contributed by atoms with Crippen LogP contribution in [0.15, 0.2) is 17.3 Å². The molecule has 1 rings (SSSR count). The minimum atomic E-state index is -4.48. The molecule has 0 bridgehead atoms. The molecule has 138 valence electrons. The number of ether oxygens (including phenoxy) is 1. The van der Waals surface area contributed by atoms with Crippen molar-refractivity contribution in [3.8, 4) is 0 Å². The predicted molar refractivity (Wildman–Crippen MR) is 96.8 cm³/mol. The molecule has 3 N–H and O–H groups in total. The highest BCUT2D eigenvalue weighted by molar-refractivity contribution is 14.0. The summed E-state index contributed by atoms with van der Waals surface area (Å²) in [6.45, 7) is 4.43. The van der Waals surface area contributed by atoms with Crippen LogP contribution in [0, 0.1) is 0 Å². The molecular weight excluding hydrogens is 440 g/mol. The molecule has 0 saturated carbocycles. The number of hydrogen-bond acceptors (Lipinski definition) is 5. The van der Waals surface area contributed by atoms with Gasteiger partial charge in [-0.15, -0.1) is 24.0 Å². The van der Waals surface area contributed by atoms with Gasteiger partial charge < -0.3 is 20.7 Å². The van der Waals surface area contributed by atoms with Gasteiger partial charge in [0.15, 0.2) is 5.96 Å². The normalized spacial score (nSPS) is 11.6. The third-order valence-electron chi connectivity index (χ3n) is 2.56. The summed E-state index contributed by atoms with van der Waals surface area (Å²) in [7, 11) is 1.59. The second-order valence-corrected chi connectivity index (χ2v) is 4.37. The zero-order valence-corrected chi connectivity index (χ0v) is 15.8. The lowest BCUT2D eigenvalue weighted by Gasteiger charge is -2.12. The van der Waals surface area contributed by atoms with Crippen molar-refractivity contribution in [1.29, 1.82) is 0 Å². The van der Waals surface area contributed by atoms with Crippen LogP contribution in [-0.2, 0) is 10.9 Å². The number of nitrogens with zero attached hydrogens (tertiary/aromatic N) is 3. The Labute approximate surface area is 155 Å². The largest absolute Gasteiger partial charge is 0.433 e. The van der Waals surface area contributed by atoms with Crippen molar-refractivity contribution in [1.82, 2.24) is 20.6 Å². The third-order valence-corrected chi connectivity index (χ3v) is 2.56. The van der Waals surface area contributed by atoms with Crippen LogP contribution < -0.4 is 16.0 Å². The Balaban J connectivity index is 0.00000529. The molecule has 24 heavy (non-hydrogen) atoms. The highest BCUT2D eigenvalue weighted by Crippen LogP contribution is 2.27. The summed E-state index contributed by atoms with van der Waals surface area (Å²) in [5.41, 5.74) is -0.975. The fourth-order valence-corrected chi connectivity index (χ4v) is 1.55. The summed E-state index contributed by atoms with van der Waals surface area (Å²) in [6, 6.07) is 0.829. The summed E-state index contributed by atoms with van der Waals surface area (Å²) in [5, 5.41) is 8.81. The zero-order valence-electron chi connectivity index (χ0n) is 13.5. The van der Waals surface area contributed by atoms with Crippen molar-refractivity contribution in [3.05, 3.63) is 18.0 Å². The number of hydrogen-bond donors (Lipinski definition) is 3. The number of aromatic nitrogens is 2. The second kappa shape index (κ2) is 12.1. The third kappa shape index (κ3) is 9.05. The van der Waals surface area contributed by atoms with Crippen molar-refractivity contribution in [2.75, 3.05) is 45.2 Å². The first-order valence-electron chi connectivity index (χ1n) is 7.12. The number of rotatable bonds is 8. The van der Waals surface area contributed by atoms with E-state index in [0.717, 1.165) is 12.3 Å². The molecule has 0 unspecified atom stereocenters. The van der Waals surface area contributed by atoms with Crippen LogP contribution in [0.4, 0.5) is 19.1 Å². The van der Waals surface area contributed by atoms with Crippen LogP contribution >= 0.6 is 24.0 Å². The quantitative estimate of drug-likeness (QED) is 0.236. The van der Waals surface area contributed by atoms with E-state index in [-0.39, 0.29) is 29.9 Å². The fourth-order valence-electron chi connectivity index (χ4n) is 1.55. The summed E-state index contributed by atoms with van der Waals surface area (Å²) in [5.74, 6) is 0.541. The lowest BCUT2D eigenvalue weighted by molar-refractivity contribution is -0.141. The van der Waals surface area contributed by atoms with Gasteiger partial charge in [0.05, 0.1) is 13.2 Å². The molecular formula is C13H22F3IN6O. The van der Waals surface area contributed by atoms with E-state index in [1.165, 1.54) is 0 Å². The topological polar surface area (TPSA) is 83.5 Å². The van der Waals surface area contributed by atoms with Crippen LogP contribution in [-0.4, -0.2) is 55.8 Å². The van der Waals surface area contributed by atoms with Crippen molar-refractivity contribution in [2.45, 2.75) is 13.1 Å². The lowest BCUT2D eigenvalue weighted by atomic mass is 10.4. The van der Waals surface area contributed by atoms with Gasteiger partial charge in [-0.05, 0) is 13.0 Å². The Morgan fingerprint density at radius 1 is 1.29 bits per heavy atom. The van der Waals surface area contributed by atoms with Crippen LogP contribution in [0.25, 0.3) is 0 Å². The van der Waals surface area contributed by atoms with Crippen molar-refractivity contribution >= 4 is 35.9 Å². The summed E-state index contributed by atoms with van der Waals surface area (Å²) >= 11 is 0. The van der Waals surface area contributed by atoms with Gasteiger partial charge in [0, 0.05) is 32.9 Å². The number of anilines is 1. The van der Waals surface area contributed by atoms with Gasteiger partial charge in [-0.2, -0.15) is 13.2 Å². The van der Waals surface area contributed by atoms with Crippen molar-refractivity contribution in [3.63, 3.8) is 0 Å². The standard InChI is InChI=1S/C13H21F3N6O.HI/c1-3-17-11(21-8-9-23-2)19-6-7-20-12-18-5-4-10(22-12)13(14,15)16;/h4-5H,3,6-9H2,1-2H3,(H2,17,19,21)(H,18,20,22);1H. The molecule has 0 radical (unpaired) electrons. The predicted octanol–water partition coefficient (Wildman–Crippen LogP) is 1.73. The minimum Gasteiger partial charge on any atom is -0.383 e. The Bertz CT molecular complexity index is 501. The summed E-state index contributed by atoms with van der Waals surface area (Å²) < 4.78 is 42.5. The molecule has 0 aromatic carbocycles. The summed E-state index contributed by atoms with van der Waals surface area (Å²) in [4.78, 5) is 11.4. The molecule has 11 heteroatoms. The van der Waals surface area contributed by atoms with E-state index in [0.29, 0.717) is 38.7 Å². The SMILES string of the molecule is CCNC(=NCCOC)NCCNc1nccc(C(F)(F)F)n1.I. The van der Waals surface area contributed by atoms with Gasteiger partial charge in [0.2, 0.25) is 5.95 Å². The van der Waals surface area contributed by atoms with E-state index >= 15 is 0 Å². The minimum absolute atomic E-state index is 0. The average Bonchev–Trinajstić information content (AvgIpc) is 2.51. The highest BCUT2D eigenvalue weighted by Gasteiger charge is 2.32. The summed E-state index contributed by atoms with van der Waals surface area (Å²) in [6.07, 6.45) is -3.41. The molecule has 0 amide bonds. The smallest absolute Gasteiger partial charge is 0.383 e. The number of guanidine groups is 1. The Kier molecular flexibility index (Phi) is 11.4. The number of nitrogens with one attached hydrogen (secondary N) is 3. The first kappa shape index (κ1) is 22.6. The van der Waals surface area contributed by atoms with Gasteiger partial charge in [-0.25, -0.2) is 9.97 Å². The molecule has 1 aromatic rings. The zero-order chi connectivity index (χ0) is 17.1. The van der Waals surface area contributed by atoms with E-state index in [4.69, 9.17) is 4.74 Å². The lowest BCUT2D eigenvalue weighted by Crippen LogP contribution is -2.39. The molecule has 0 aliphatic heterocycles. The maximum atomic E-state index is 12.5. The van der Waals surface area contributed by atoms with Gasteiger partial charge >= 0.3 is 6.18 Å². The highest BCUT2D eigenvalue weighted by atomic mass is 127. The van der Waals surface area contributed by atoms with Crippen LogP contribution in [0.5, 0.6) is 0 Å². The van der Waals surface area contributed by atoms with E-state index in [1.807, 2.05) is 6.92 Å². The Morgan fingerprint density at radius 3 is 2.67 bits per heavy atom. The fraction of sp³-hybridized carbons (Fsp3) is 0.615. The van der Waals surface area contributed by atoms with Crippen LogP contribution in [0.2, 0.25) is 0 Å². The molecule has 0 atom stereocenters. The number of aliphatic imine (C=N–C) groups is 1. The van der Waals surface area contributed by atoms with E-state index in [9.17, 15) is 13.2 Å². The maximum absolute atomic E-state index is 12.5. The van der Waals surface area contributed by atoms with E-state index < -0.39 is 11.9 Å². The van der Waals surface area contributed by atoms with Crippen LogP contribution in [0.3, 0.4) is 0 Å². The van der Waals surface area contributed by atoms with Gasteiger partial charge in [-0.1, -0.05) is 0 Å². The monoisotopic (exact) mass is 462 g/mol. The average molecular weight is 462 g/mol. The van der Waals surface area contributed by atoms with E-state index in [1.54, 1.807) is 7.11 Å².